The van der Waals surface area contributed by atoms with Gasteiger partial charge >= 0.3 is 65.1 Å². The second-order valence-electron chi connectivity index (χ2n) is 16.3. The maximum Gasteiger partial charge on any atom is 1.00 e. The quantitative estimate of drug-likeness (QED) is 0.264. The second kappa shape index (κ2) is 12.1. The maximum atomic E-state index is 14.4. The molecule has 0 aliphatic heterocycles. The number of carboxylic acids is 2. The molecular weight excluding hydrogens is 566 g/mol. The van der Waals surface area contributed by atoms with Crippen LogP contribution < -0.4 is 69.3 Å². The van der Waals surface area contributed by atoms with E-state index < -0.39 is 23.3 Å². The van der Waals surface area contributed by atoms with Crippen LogP contribution in [-0.4, -0.2) is 29.8 Å². The van der Waals surface area contributed by atoms with Crippen molar-refractivity contribution in [3.63, 3.8) is 0 Å². The van der Waals surface area contributed by atoms with Crippen molar-refractivity contribution in [3.05, 3.63) is 11.6 Å². The van der Waals surface area contributed by atoms with Gasteiger partial charge in [0.1, 0.15) is 6.10 Å². The fourth-order valence-corrected chi connectivity index (χ4v) is 11.0. The number of ketones is 1. The number of aliphatic carboxylic acids is 2. The SMILES string of the molecule is CC1(C)C2CCC3(C)[C@H](C(=O)C=C4C5C[C@@](C)(C(=O)[O-])CC[C@]5(C)CC[C@]43C)[C@@]2(C)CC[C@@H]1OC(=O)CCC(=O)[O-].[Na+].[Na+]. The van der Waals surface area contributed by atoms with E-state index >= 15 is 0 Å². The maximum absolute atomic E-state index is 14.4. The predicted molar refractivity (Wildman–Crippen MR) is 149 cm³/mol. The Labute approximate surface area is 301 Å². The molecule has 0 aromatic heterocycles. The third-order valence-corrected chi connectivity index (χ3v) is 13.8. The van der Waals surface area contributed by atoms with Crippen molar-refractivity contribution in [2.45, 2.75) is 125 Å². The first-order valence-corrected chi connectivity index (χ1v) is 15.7. The second-order valence-corrected chi connectivity index (χ2v) is 16.3. The molecule has 0 radical (unpaired) electrons. The Kier molecular flexibility index (Phi) is 10.5. The smallest absolute Gasteiger partial charge is 0.550 e. The topological polar surface area (TPSA) is 124 Å². The standard InChI is InChI=1S/C34H50O7.2Na/c1-29(2)23-10-13-34(7)27(32(23,5)12-11-24(29)41-26(38)9-8-25(36)37)22(35)18-20-21-19-31(4,28(39)40)15-14-30(21,3)16-17-33(20,34)6;;/h18,21,23-24,27H,8-17,19H2,1-7H3,(H,36,37)(H,39,40);;/q;2*+1/p-2/t21?,23?,24-,27+,30+,31-,32-,33+,34?;;/m0../s1. The number of hydrogen-bond acceptors (Lipinski definition) is 7. The van der Waals surface area contributed by atoms with Crippen molar-refractivity contribution in [2.75, 3.05) is 0 Å². The number of rotatable bonds is 5. The monoisotopic (exact) mass is 614 g/mol. The zero-order valence-corrected chi connectivity index (χ0v) is 32.0. The van der Waals surface area contributed by atoms with Crippen LogP contribution in [0.2, 0.25) is 0 Å². The van der Waals surface area contributed by atoms with E-state index in [9.17, 15) is 29.4 Å². The molecule has 0 spiro atoms. The van der Waals surface area contributed by atoms with Crippen LogP contribution in [0.25, 0.3) is 0 Å². The summed E-state index contributed by atoms with van der Waals surface area (Å²) in [6.45, 7) is 15.3. The molecule has 4 saturated carbocycles. The molecular formula is C34H48Na2O7. The molecule has 0 saturated heterocycles. The van der Waals surface area contributed by atoms with E-state index in [1.54, 1.807) is 0 Å². The molecule has 0 aromatic rings. The Hall–Kier alpha value is -0.180. The van der Waals surface area contributed by atoms with Gasteiger partial charge in [0.15, 0.2) is 5.78 Å². The van der Waals surface area contributed by atoms with Gasteiger partial charge in [0.2, 0.25) is 0 Å². The summed E-state index contributed by atoms with van der Waals surface area (Å²) in [5, 5.41) is 23.1. The number of carbonyl (C=O) groups excluding carboxylic acids is 4. The van der Waals surface area contributed by atoms with Crippen LogP contribution in [0.4, 0.5) is 0 Å². The fraction of sp³-hybridized carbons (Fsp3) is 0.824. The van der Waals surface area contributed by atoms with Gasteiger partial charge in [-0.2, -0.15) is 0 Å². The Morgan fingerprint density at radius 3 is 2.09 bits per heavy atom. The zero-order valence-electron chi connectivity index (χ0n) is 28.0. The predicted octanol–water partition coefficient (Wildman–Crippen LogP) is -1.83. The van der Waals surface area contributed by atoms with E-state index in [4.69, 9.17) is 4.74 Å². The zero-order chi connectivity index (χ0) is 30.4. The first kappa shape index (κ1) is 37.3. The molecule has 7 nitrogen and oxygen atoms in total. The number of fused-ring (bicyclic) bond motifs is 7. The van der Waals surface area contributed by atoms with E-state index in [1.165, 1.54) is 5.57 Å². The van der Waals surface area contributed by atoms with Crippen LogP contribution in [0.5, 0.6) is 0 Å². The minimum Gasteiger partial charge on any atom is -0.550 e. The summed E-state index contributed by atoms with van der Waals surface area (Å²) in [5.74, 6) is -2.53. The van der Waals surface area contributed by atoms with Gasteiger partial charge in [0.25, 0.3) is 0 Å². The van der Waals surface area contributed by atoms with E-state index in [1.807, 2.05) is 13.0 Å². The first-order chi connectivity index (χ1) is 18.8. The molecule has 5 rings (SSSR count). The van der Waals surface area contributed by atoms with E-state index in [-0.39, 0.29) is 129 Å². The van der Waals surface area contributed by atoms with Gasteiger partial charge in [0, 0.05) is 28.7 Å². The fourth-order valence-electron chi connectivity index (χ4n) is 11.0. The van der Waals surface area contributed by atoms with Crippen LogP contribution >= 0.6 is 0 Å². The van der Waals surface area contributed by atoms with Crippen molar-refractivity contribution >= 4 is 23.7 Å². The van der Waals surface area contributed by atoms with Crippen molar-refractivity contribution < 1.29 is 93.2 Å². The Bertz CT molecular complexity index is 1210. The van der Waals surface area contributed by atoms with Crippen LogP contribution in [0.15, 0.2) is 11.6 Å². The molecule has 5 aliphatic carbocycles. The van der Waals surface area contributed by atoms with Crippen LogP contribution in [0.3, 0.4) is 0 Å². The molecule has 0 amide bonds. The number of esters is 1. The summed E-state index contributed by atoms with van der Waals surface area (Å²) in [6, 6.07) is 0. The van der Waals surface area contributed by atoms with Gasteiger partial charge in [-0.15, -0.1) is 0 Å². The molecule has 43 heavy (non-hydrogen) atoms. The molecule has 0 heterocycles. The molecule has 0 aromatic carbocycles. The summed E-state index contributed by atoms with van der Waals surface area (Å²) in [4.78, 5) is 50.0. The summed E-state index contributed by atoms with van der Waals surface area (Å²) in [6.07, 6.45) is 8.26. The van der Waals surface area contributed by atoms with Crippen LogP contribution in [0, 0.1) is 50.2 Å². The third kappa shape index (κ3) is 5.60. The number of carboxylic acid groups (broad SMARTS) is 2. The number of ether oxygens (including phenoxy) is 1. The minimum absolute atomic E-state index is 0. The van der Waals surface area contributed by atoms with Crippen molar-refractivity contribution in [3.8, 4) is 0 Å². The average Bonchev–Trinajstić information content (AvgIpc) is 2.86. The van der Waals surface area contributed by atoms with Gasteiger partial charge in [0.05, 0.1) is 6.42 Å². The Balaban J connectivity index is 0.00000253. The normalized spacial score (nSPS) is 44.4. The molecule has 4 fully saturated rings. The van der Waals surface area contributed by atoms with Gasteiger partial charge in [-0.3, -0.25) is 9.59 Å². The van der Waals surface area contributed by atoms with Crippen molar-refractivity contribution in [2.24, 2.45) is 50.2 Å². The average molecular weight is 615 g/mol. The molecule has 9 heteroatoms. The van der Waals surface area contributed by atoms with Gasteiger partial charge in [-0.1, -0.05) is 54.0 Å². The van der Waals surface area contributed by atoms with Crippen molar-refractivity contribution in [1.82, 2.24) is 0 Å². The Morgan fingerprint density at radius 1 is 0.860 bits per heavy atom. The summed E-state index contributed by atoms with van der Waals surface area (Å²) >= 11 is 0. The minimum atomic E-state index is -1.26. The van der Waals surface area contributed by atoms with Crippen LogP contribution in [0.1, 0.15) is 119 Å². The molecule has 228 valence electrons. The molecule has 0 N–H and O–H groups in total. The van der Waals surface area contributed by atoms with Gasteiger partial charge < -0.3 is 24.5 Å². The summed E-state index contributed by atoms with van der Waals surface area (Å²) in [7, 11) is 0. The molecule has 3 unspecified atom stereocenters. The molecule has 5 aliphatic rings. The van der Waals surface area contributed by atoms with Gasteiger partial charge in [-0.05, 0) is 104 Å². The number of hydrogen-bond donors (Lipinski definition) is 0. The molecule has 0 bridgehead atoms. The third-order valence-electron chi connectivity index (χ3n) is 13.8. The Morgan fingerprint density at radius 2 is 1.49 bits per heavy atom. The summed E-state index contributed by atoms with van der Waals surface area (Å²) in [5.41, 5.74) is -0.823. The van der Waals surface area contributed by atoms with Gasteiger partial charge in [-0.25, -0.2) is 0 Å². The number of allylic oxidation sites excluding steroid dienone is 2. The van der Waals surface area contributed by atoms with Crippen molar-refractivity contribution in [1.29, 1.82) is 0 Å². The van der Waals surface area contributed by atoms with Crippen LogP contribution in [-0.2, 0) is 23.9 Å². The summed E-state index contributed by atoms with van der Waals surface area (Å²) < 4.78 is 5.87. The number of carbonyl (C=O) groups is 4. The molecule has 9 atom stereocenters. The van der Waals surface area contributed by atoms with E-state index in [0.29, 0.717) is 19.3 Å². The van der Waals surface area contributed by atoms with E-state index in [2.05, 4.69) is 41.5 Å². The largest absolute Gasteiger partial charge is 1.00 e. The van der Waals surface area contributed by atoms with E-state index in [0.717, 1.165) is 38.5 Å². The first-order valence-electron chi connectivity index (χ1n) is 15.7.